The average Bonchev–Trinajstić information content (AvgIpc) is 2.89. The molecule has 7 nitrogen and oxygen atoms in total. The molecule has 0 aliphatic rings. The van der Waals surface area contributed by atoms with Gasteiger partial charge >= 0.3 is 0 Å². The third-order valence-corrected chi connectivity index (χ3v) is 7.35. The van der Waals surface area contributed by atoms with Crippen molar-refractivity contribution in [3.63, 3.8) is 0 Å². The highest BCUT2D eigenvalue weighted by Gasteiger charge is 2.33. The van der Waals surface area contributed by atoms with Gasteiger partial charge in [-0.25, -0.2) is 8.42 Å². The van der Waals surface area contributed by atoms with Crippen LogP contribution in [0.15, 0.2) is 84.9 Å². The first kappa shape index (κ1) is 27.9. The van der Waals surface area contributed by atoms with Crippen LogP contribution in [-0.2, 0) is 32.6 Å². The van der Waals surface area contributed by atoms with Crippen molar-refractivity contribution < 1.29 is 18.0 Å². The monoisotopic (exact) mass is 521 g/mol. The lowest BCUT2D eigenvalue weighted by Gasteiger charge is -2.33. The molecule has 0 aromatic heterocycles. The van der Waals surface area contributed by atoms with Gasteiger partial charge in [0.05, 0.1) is 11.9 Å². The van der Waals surface area contributed by atoms with Gasteiger partial charge in [-0.15, -0.1) is 0 Å². The highest BCUT2D eigenvalue weighted by atomic mass is 32.2. The summed E-state index contributed by atoms with van der Waals surface area (Å²) in [5, 5.41) is 2.68. The number of para-hydroxylation sites is 1. The van der Waals surface area contributed by atoms with E-state index in [2.05, 4.69) is 5.32 Å². The molecule has 0 radical (unpaired) electrons. The van der Waals surface area contributed by atoms with Gasteiger partial charge < -0.3 is 10.2 Å². The van der Waals surface area contributed by atoms with E-state index in [1.54, 1.807) is 12.1 Å². The molecule has 1 N–H and O–H groups in total. The van der Waals surface area contributed by atoms with Gasteiger partial charge in [0.25, 0.3) is 0 Å². The molecule has 0 aliphatic heterocycles. The Hall–Kier alpha value is -3.65. The average molecular weight is 522 g/mol. The second kappa shape index (κ2) is 12.5. The Morgan fingerprint density at radius 3 is 1.92 bits per heavy atom. The number of rotatable bonds is 11. The first-order valence-corrected chi connectivity index (χ1v) is 14.1. The zero-order valence-corrected chi connectivity index (χ0v) is 22.6. The Labute approximate surface area is 220 Å². The summed E-state index contributed by atoms with van der Waals surface area (Å²) in [7, 11) is -2.27. The molecule has 196 valence electrons. The van der Waals surface area contributed by atoms with Crippen LogP contribution in [0.5, 0.6) is 0 Å². The first-order valence-electron chi connectivity index (χ1n) is 12.3. The number of nitrogens with zero attached hydrogens (tertiary/aromatic N) is 2. The molecule has 0 saturated carbocycles. The summed E-state index contributed by atoms with van der Waals surface area (Å²) >= 11 is 0. The van der Waals surface area contributed by atoms with E-state index in [4.69, 9.17) is 0 Å². The molecular weight excluding hydrogens is 486 g/mol. The van der Waals surface area contributed by atoms with E-state index < -0.39 is 28.5 Å². The van der Waals surface area contributed by atoms with Gasteiger partial charge in [-0.3, -0.25) is 13.9 Å². The van der Waals surface area contributed by atoms with Crippen LogP contribution in [0.25, 0.3) is 0 Å². The number of hydrogen-bond donors (Lipinski definition) is 1. The minimum atomic E-state index is -3.80. The number of amides is 2. The second-order valence-corrected chi connectivity index (χ2v) is 11.2. The molecule has 0 spiro atoms. The van der Waals surface area contributed by atoms with Crippen LogP contribution in [0, 0.1) is 0 Å². The third kappa shape index (κ3) is 7.43. The molecule has 8 heteroatoms. The van der Waals surface area contributed by atoms with E-state index in [1.807, 2.05) is 86.6 Å². The van der Waals surface area contributed by atoms with Crippen LogP contribution in [0.1, 0.15) is 36.5 Å². The highest BCUT2D eigenvalue weighted by molar-refractivity contribution is 7.92. The smallest absolute Gasteiger partial charge is 0.244 e. The van der Waals surface area contributed by atoms with Crippen molar-refractivity contribution >= 4 is 27.5 Å². The fraction of sp³-hybridized carbons (Fsp3) is 0.310. The van der Waals surface area contributed by atoms with Crippen molar-refractivity contribution in [2.24, 2.45) is 0 Å². The summed E-state index contributed by atoms with van der Waals surface area (Å²) in [6.07, 6.45) is 1.39. The third-order valence-electron chi connectivity index (χ3n) is 6.22. The van der Waals surface area contributed by atoms with Crippen LogP contribution < -0.4 is 9.62 Å². The summed E-state index contributed by atoms with van der Waals surface area (Å²) in [5.41, 5.74) is 3.02. The normalized spacial score (nSPS) is 12.1. The van der Waals surface area contributed by atoms with Crippen molar-refractivity contribution in [1.82, 2.24) is 10.2 Å². The van der Waals surface area contributed by atoms with Crippen molar-refractivity contribution in [2.75, 3.05) is 24.2 Å². The Morgan fingerprint density at radius 2 is 1.38 bits per heavy atom. The molecule has 3 aromatic carbocycles. The number of benzene rings is 3. The fourth-order valence-corrected chi connectivity index (χ4v) is 5.17. The summed E-state index contributed by atoms with van der Waals surface area (Å²) in [4.78, 5) is 28.5. The van der Waals surface area contributed by atoms with Crippen molar-refractivity contribution in [2.45, 2.75) is 38.8 Å². The molecule has 1 atom stereocenters. The van der Waals surface area contributed by atoms with E-state index in [1.165, 1.54) is 11.9 Å². The fourth-order valence-electron chi connectivity index (χ4n) is 4.30. The Kier molecular flexibility index (Phi) is 9.47. The van der Waals surface area contributed by atoms with Crippen LogP contribution >= 0.6 is 0 Å². The van der Waals surface area contributed by atoms with Crippen LogP contribution in [0.4, 0.5) is 5.69 Å². The lowest BCUT2D eigenvalue weighted by Crippen LogP contribution is -2.53. The van der Waals surface area contributed by atoms with Gasteiger partial charge in [-0.05, 0) is 28.7 Å². The number of carbonyl (C=O) groups is 2. The first-order chi connectivity index (χ1) is 17.6. The molecule has 0 unspecified atom stereocenters. The molecule has 0 aliphatic carbocycles. The molecule has 0 fully saturated rings. The van der Waals surface area contributed by atoms with Crippen molar-refractivity contribution in [1.29, 1.82) is 0 Å². The van der Waals surface area contributed by atoms with Gasteiger partial charge in [0.1, 0.15) is 12.6 Å². The maximum Gasteiger partial charge on any atom is 0.244 e. The molecule has 0 saturated heterocycles. The SMILES string of the molecule is CNC(=O)[C@H](Cc1ccccc1)N(Cc1ccccc1)C(=O)CN(c1ccccc1C(C)C)S(C)(=O)=O. The van der Waals surface area contributed by atoms with E-state index in [9.17, 15) is 18.0 Å². The topological polar surface area (TPSA) is 86.8 Å². The minimum absolute atomic E-state index is 0.0488. The Bertz CT molecular complexity index is 1290. The molecule has 0 bridgehead atoms. The highest BCUT2D eigenvalue weighted by Crippen LogP contribution is 2.29. The van der Waals surface area contributed by atoms with Gasteiger partial charge in [0.15, 0.2) is 0 Å². The number of hydrogen-bond acceptors (Lipinski definition) is 4. The molecule has 0 heterocycles. The molecule has 37 heavy (non-hydrogen) atoms. The van der Waals surface area contributed by atoms with E-state index >= 15 is 0 Å². The van der Waals surface area contributed by atoms with Gasteiger partial charge in [0, 0.05) is 20.0 Å². The van der Waals surface area contributed by atoms with E-state index in [0.29, 0.717) is 12.1 Å². The van der Waals surface area contributed by atoms with Crippen molar-refractivity contribution in [3.8, 4) is 0 Å². The molecular formula is C29H35N3O4S. The number of likely N-dealkylation sites (N-methyl/N-ethyl adjacent to an activating group) is 1. The largest absolute Gasteiger partial charge is 0.357 e. The molecule has 3 aromatic rings. The second-order valence-electron chi connectivity index (χ2n) is 9.31. The predicted octanol–water partition coefficient (Wildman–Crippen LogP) is 3.96. The predicted molar refractivity (Wildman–Crippen MR) is 148 cm³/mol. The Morgan fingerprint density at radius 1 is 0.838 bits per heavy atom. The summed E-state index contributed by atoms with van der Waals surface area (Å²) in [5.74, 6) is -0.730. The lowest BCUT2D eigenvalue weighted by molar-refractivity contribution is -0.139. The molecule has 3 rings (SSSR count). The quantitative estimate of drug-likeness (QED) is 0.414. The van der Waals surface area contributed by atoms with Gasteiger partial charge in [-0.1, -0.05) is 92.7 Å². The zero-order valence-electron chi connectivity index (χ0n) is 21.8. The van der Waals surface area contributed by atoms with Gasteiger partial charge in [-0.2, -0.15) is 0 Å². The van der Waals surface area contributed by atoms with Crippen LogP contribution in [0.3, 0.4) is 0 Å². The van der Waals surface area contributed by atoms with E-state index in [-0.39, 0.29) is 18.4 Å². The van der Waals surface area contributed by atoms with E-state index in [0.717, 1.165) is 27.3 Å². The molecule has 2 amide bonds. The lowest BCUT2D eigenvalue weighted by atomic mass is 10.0. The van der Waals surface area contributed by atoms with Crippen molar-refractivity contribution in [3.05, 3.63) is 102 Å². The number of nitrogens with one attached hydrogen (secondary N) is 1. The maximum atomic E-state index is 14.0. The maximum absolute atomic E-state index is 14.0. The summed E-state index contributed by atoms with van der Waals surface area (Å²) < 4.78 is 27.0. The standard InChI is InChI=1S/C29H35N3O4S/c1-22(2)25-17-11-12-18-26(25)32(37(4,35)36)21-28(33)31(20-24-15-9-6-10-16-24)27(29(34)30-3)19-23-13-7-5-8-14-23/h5-18,22,27H,19-21H2,1-4H3,(H,30,34)/t27-/m0/s1. The summed E-state index contributed by atoms with van der Waals surface area (Å²) in [6.45, 7) is 3.69. The van der Waals surface area contributed by atoms with Crippen LogP contribution in [-0.4, -0.2) is 51.0 Å². The number of carbonyl (C=O) groups excluding carboxylic acids is 2. The van der Waals surface area contributed by atoms with Gasteiger partial charge in [0.2, 0.25) is 21.8 Å². The summed E-state index contributed by atoms with van der Waals surface area (Å²) in [6, 6.07) is 25.2. The number of sulfonamides is 1. The zero-order chi connectivity index (χ0) is 27.0. The van der Waals surface area contributed by atoms with Crippen LogP contribution in [0.2, 0.25) is 0 Å². The minimum Gasteiger partial charge on any atom is -0.357 e. The Balaban J connectivity index is 2.04. The number of anilines is 1.